The fraction of sp³-hybridized carbons (Fsp3) is 0. The van der Waals surface area contributed by atoms with Gasteiger partial charge in [-0.25, -0.2) is 9.97 Å². The van der Waals surface area contributed by atoms with Gasteiger partial charge in [-0.3, -0.25) is 0 Å². The predicted octanol–water partition coefficient (Wildman–Crippen LogP) is 9.51. The molecule has 0 unspecified atom stereocenters. The molecule has 1 heterocycles. The van der Waals surface area contributed by atoms with E-state index in [0.717, 1.165) is 28.0 Å². The third kappa shape index (κ3) is 2.66. The second-order valence-corrected chi connectivity index (χ2v) is 10.2. The lowest BCUT2D eigenvalue weighted by atomic mass is 9.91. The van der Waals surface area contributed by atoms with Crippen LogP contribution in [0.25, 0.3) is 88.1 Å². The van der Waals surface area contributed by atoms with Gasteiger partial charge in [0.05, 0.1) is 11.2 Å². The van der Waals surface area contributed by atoms with E-state index in [1.807, 2.05) is 0 Å². The summed E-state index contributed by atoms with van der Waals surface area (Å²) in [6, 6.07) is 43.7. The van der Waals surface area contributed by atoms with Gasteiger partial charge in [-0.15, -0.1) is 0 Å². The van der Waals surface area contributed by atoms with Gasteiger partial charge in [-0.05, 0) is 72.8 Å². The molecule has 7 aromatic carbocycles. The molecule has 1 aliphatic carbocycles. The third-order valence-electron chi connectivity index (χ3n) is 8.14. The van der Waals surface area contributed by atoms with Gasteiger partial charge < -0.3 is 0 Å². The van der Waals surface area contributed by atoms with Crippen molar-refractivity contribution in [1.29, 1.82) is 0 Å². The molecular weight excluding hydrogens is 460 g/mol. The van der Waals surface area contributed by atoms with Crippen LogP contribution in [0.4, 0.5) is 0 Å². The van der Waals surface area contributed by atoms with Crippen LogP contribution in [0.1, 0.15) is 0 Å². The highest BCUT2D eigenvalue weighted by Crippen LogP contribution is 2.46. The van der Waals surface area contributed by atoms with Crippen LogP contribution in [0.2, 0.25) is 0 Å². The SMILES string of the molecule is c1ccc2c(c1)-c1cccc3nc(-c4ccc(-c5cc6ccc7cccc8ccc(c5)c6c78)cc4)nc-2c13. The maximum absolute atomic E-state index is 5.07. The topological polar surface area (TPSA) is 25.8 Å². The fourth-order valence-corrected chi connectivity index (χ4v) is 6.39. The van der Waals surface area contributed by atoms with Crippen molar-refractivity contribution in [2.45, 2.75) is 0 Å². The number of nitrogens with zero attached hydrogens (tertiary/aromatic N) is 2. The zero-order valence-corrected chi connectivity index (χ0v) is 20.4. The number of hydrogen-bond donors (Lipinski definition) is 0. The van der Waals surface area contributed by atoms with Crippen molar-refractivity contribution in [1.82, 2.24) is 9.97 Å². The van der Waals surface area contributed by atoms with Gasteiger partial charge in [-0.2, -0.15) is 0 Å². The van der Waals surface area contributed by atoms with Crippen molar-refractivity contribution < 1.29 is 0 Å². The second kappa shape index (κ2) is 7.24. The van der Waals surface area contributed by atoms with E-state index in [1.54, 1.807) is 0 Å². The minimum Gasteiger partial charge on any atom is -0.228 e. The minimum atomic E-state index is 0.767. The number of fused-ring (bicyclic) bond motifs is 3. The van der Waals surface area contributed by atoms with Crippen LogP contribution in [-0.2, 0) is 0 Å². The average molecular weight is 481 g/mol. The lowest BCUT2D eigenvalue weighted by Crippen LogP contribution is -1.93. The molecule has 0 spiro atoms. The Hall–Kier alpha value is -5.08. The van der Waals surface area contributed by atoms with Crippen LogP contribution in [0.3, 0.4) is 0 Å². The molecular formula is C36H20N2. The Balaban J connectivity index is 1.17. The van der Waals surface area contributed by atoms with Crippen molar-refractivity contribution in [3.05, 3.63) is 121 Å². The molecule has 0 aliphatic heterocycles. The lowest BCUT2D eigenvalue weighted by Gasteiger charge is -2.13. The molecule has 0 saturated carbocycles. The van der Waals surface area contributed by atoms with E-state index in [1.165, 1.54) is 60.1 Å². The van der Waals surface area contributed by atoms with Crippen LogP contribution < -0.4 is 0 Å². The molecule has 0 fully saturated rings. The molecule has 2 heteroatoms. The van der Waals surface area contributed by atoms with E-state index in [4.69, 9.17) is 9.97 Å². The van der Waals surface area contributed by atoms with Crippen LogP contribution in [-0.4, -0.2) is 9.97 Å². The van der Waals surface area contributed by atoms with Crippen LogP contribution in [0, 0.1) is 0 Å². The molecule has 2 nitrogen and oxygen atoms in total. The van der Waals surface area contributed by atoms with Crippen molar-refractivity contribution in [3.8, 4) is 44.9 Å². The van der Waals surface area contributed by atoms with Crippen LogP contribution >= 0.6 is 0 Å². The molecule has 1 aliphatic rings. The Morgan fingerprint density at radius 3 is 1.74 bits per heavy atom. The molecule has 8 aromatic rings. The highest BCUT2D eigenvalue weighted by Gasteiger charge is 2.23. The minimum absolute atomic E-state index is 0.767. The standard InChI is InChI=1S/C36H20N2/c1-2-8-30-28(7-1)29-9-4-10-31-34(29)35(30)38-36(37-31)24-15-11-21(12-16-24)27-19-25-17-13-22-5-3-6-23-14-18-26(20-27)33(25)32(22)23/h1-20H. The normalized spacial score (nSPS) is 12.2. The average Bonchev–Trinajstić information content (AvgIpc) is 3.31. The summed E-state index contributed by atoms with van der Waals surface area (Å²) in [5, 5.41) is 9.02. The molecule has 174 valence electrons. The summed E-state index contributed by atoms with van der Waals surface area (Å²) < 4.78 is 0. The van der Waals surface area contributed by atoms with E-state index in [-0.39, 0.29) is 0 Å². The summed E-state index contributed by atoms with van der Waals surface area (Å²) in [4.78, 5) is 10.0. The largest absolute Gasteiger partial charge is 0.228 e. The van der Waals surface area contributed by atoms with Crippen molar-refractivity contribution in [3.63, 3.8) is 0 Å². The Morgan fingerprint density at radius 2 is 0.974 bits per heavy atom. The van der Waals surface area contributed by atoms with E-state index in [9.17, 15) is 0 Å². The first kappa shape index (κ1) is 20.0. The van der Waals surface area contributed by atoms with Crippen molar-refractivity contribution >= 4 is 43.2 Å². The third-order valence-corrected chi connectivity index (χ3v) is 8.14. The first-order chi connectivity index (χ1) is 18.8. The molecule has 0 bridgehead atoms. The van der Waals surface area contributed by atoms with E-state index in [0.29, 0.717) is 0 Å². The van der Waals surface area contributed by atoms with Crippen LogP contribution in [0.15, 0.2) is 121 Å². The second-order valence-electron chi connectivity index (χ2n) is 10.2. The summed E-state index contributed by atoms with van der Waals surface area (Å²) in [7, 11) is 0. The molecule has 0 radical (unpaired) electrons. The van der Waals surface area contributed by atoms with E-state index in [2.05, 4.69) is 121 Å². The molecule has 0 atom stereocenters. The maximum atomic E-state index is 5.07. The smallest absolute Gasteiger partial charge is 0.160 e. The van der Waals surface area contributed by atoms with E-state index >= 15 is 0 Å². The van der Waals surface area contributed by atoms with Gasteiger partial charge >= 0.3 is 0 Å². The number of aromatic nitrogens is 2. The van der Waals surface area contributed by atoms with Gasteiger partial charge in [0.25, 0.3) is 0 Å². The Labute approximate surface area is 219 Å². The summed E-state index contributed by atoms with van der Waals surface area (Å²) in [6.07, 6.45) is 0. The van der Waals surface area contributed by atoms with Crippen molar-refractivity contribution in [2.24, 2.45) is 0 Å². The first-order valence-electron chi connectivity index (χ1n) is 13.0. The number of rotatable bonds is 2. The van der Waals surface area contributed by atoms with Gasteiger partial charge in [0.15, 0.2) is 5.82 Å². The Morgan fingerprint density at radius 1 is 0.368 bits per heavy atom. The predicted molar refractivity (Wildman–Crippen MR) is 159 cm³/mol. The van der Waals surface area contributed by atoms with Gasteiger partial charge in [0.1, 0.15) is 0 Å². The van der Waals surface area contributed by atoms with Gasteiger partial charge in [0.2, 0.25) is 0 Å². The summed E-state index contributed by atoms with van der Waals surface area (Å²) in [5.74, 6) is 0.767. The van der Waals surface area contributed by atoms with E-state index < -0.39 is 0 Å². The van der Waals surface area contributed by atoms with Crippen LogP contribution in [0.5, 0.6) is 0 Å². The number of benzene rings is 7. The summed E-state index contributed by atoms with van der Waals surface area (Å²) in [5.41, 5.74) is 9.12. The first-order valence-corrected chi connectivity index (χ1v) is 13.0. The summed E-state index contributed by atoms with van der Waals surface area (Å²) >= 11 is 0. The Bertz CT molecular complexity index is 2160. The number of hydrogen-bond acceptors (Lipinski definition) is 2. The van der Waals surface area contributed by atoms with Gasteiger partial charge in [-0.1, -0.05) is 103 Å². The zero-order valence-electron chi connectivity index (χ0n) is 20.4. The molecule has 38 heavy (non-hydrogen) atoms. The summed E-state index contributed by atoms with van der Waals surface area (Å²) in [6.45, 7) is 0. The monoisotopic (exact) mass is 480 g/mol. The van der Waals surface area contributed by atoms with Crippen molar-refractivity contribution in [2.75, 3.05) is 0 Å². The molecule has 0 amide bonds. The molecule has 9 rings (SSSR count). The zero-order chi connectivity index (χ0) is 24.8. The lowest BCUT2D eigenvalue weighted by molar-refractivity contribution is 1.24. The quantitative estimate of drug-likeness (QED) is 0.230. The van der Waals surface area contributed by atoms with Gasteiger partial charge in [0, 0.05) is 16.5 Å². The highest BCUT2D eigenvalue weighted by atomic mass is 14.9. The molecule has 1 aromatic heterocycles. The maximum Gasteiger partial charge on any atom is 0.160 e. The fourth-order valence-electron chi connectivity index (χ4n) is 6.39. The molecule has 0 saturated heterocycles. The Kier molecular flexibility index (Phi) is 3.82. The molecule has 0 N–H and O–H groups in total. The highest BCUT2D eigenvalue weighted by molar-refractivity contribution is 6.23.